The maximum atomic E-state index is 12.8. The Kier molecular flexibility index (Phi) is 3.76. The molecule has 1 aromatic heterocycles. The van der Waals surface area contributed by atoms with Crippen molar-refractivity contribution in [3.05, 3.63) is 35.2 Å². The van der Waals surface area contributed by atoms with Gasteiger partial charge in [-0.2, -0.15) is 0 Å². The van der Waals surface area contributed by atoms with E-state index in [4.69, 9.17) is 5.73 Å². The van der Waals surface area contributed by atoms with E-state index in [0.29, 0.717) is 18.5 Å². The molecule has 106 valence electrons. The molecule has 1 saturated carbocycles. The van der Waals surface area contributed by atoms with Crippen molar-refractivity contribution < 1.29 is 4.79 Å². The maximum absolute atomic E-state index is 12.8. The molecule has 0 spiro atoms. The molecular weight excluding hydrogens is 268 g/mol. The van der Waals surface area contributed by atoms with E-state index in [-0.39, 0.29) is 5.91 Å². The van der Waals surface area contributed by atoms with Gasteiger partial charge in [-0.1, -0.05) is 24.6 Å². The summed E-state index contributed by atoms with van der Waals surface area (Å²) in [6.45, 7) is 0.673. The molecule has 3 nitrogen and oxygen atoms in total. The molecule has 2 atom stereocenters. The quantitative estimate of drug-likeness (QED) is 0.943. The smallest absolute Gasteiger partial charge is 0.255 e. The first kappa shape index (κ1) is 13.6. The lowest BCUT2D eigenvalue weighted by Crippen LogP contribution is -2.41. The highest BCUT2D eigenvalue weighted by atomic mass is 32.1. The lowest BCUT2D eigenvalue weighted by atomic mass is 10.0. The van der Waals surface area contributed by atoms with Crippen LogP contribution < -0.4 is 5.73 Å². The first-order chi connectivity index (χ1) is 9.72. The van der Waals surface area contributed by atoms with Crippen molar-refractivity contribution in [1.82, 2.24) is 4.90 Å². The molecule has 2 N–H and O–H groups in total. The highest BCUT2D eigenvalue weighted by molar-refractivity contribution is 7.17. The van der Waals surface area contributed by atoms with E-state index in [1.165, 1.54) is 11.1 Å². The van der Waals surface area contributed by atoms with Crippen molar-refractivity contribution >= 4 is 27.3 Å². The summed E-state index contributed by atoms with van der Waals surface area (Å²) in [5.74, 6) is 0.585. The van der Waals surface area contributed by atoms with Crippen LogP contribution in [0.3, 0.4) is 0 Å². The average Bonchev–Trinajstić information content (AvgIpc) is 3.12. The number of nitrogens with zero attached hydrogens (tertiary/aromatic N) is 1. The van der Waals surface area contributed by atoms with Gasteiger partial charge < -0.3 is 10.6 Å². The van der Waals surface area contributed by atoms with Crippen molar-refractivity contribution in [3.8, 4) is 0 Å². The van der Waals surface area contributed by atoms with Crippen LogP contribution >= 0.6 is 11.3 Å². The molecule has 20 heavy (non-hydrogen) atoms. The third kappa shape index (κ3) is 2.23. The number of hydrogen-bond donors (Lipinski definition) is 1. The zero-order valence-electron chi connectivity index (χ0n) is 11.7. The van der Waals surface area contributed by atoms with E-state index in [2.05, 4.69) is 6.07 Å². The molecule has 1 aliphatic carbocycles. The Hall–Kier alpha value is -1.39. The first-order valence-electron chi connectivity index (χ1n) is 7.16. The van der Waals surface area contributed by atoms with Crippen LogP contribution in [0.25, 0.3) is 10.1 Å². The van der Waals surface area contributed by atoms with E-state index < -0.39 is 0 Å². The summed E-state index contributed by atoms with van der Waals surface area (Å²) in [6, 6.07) is 8.39. The van der Waals surface area contributed by atoms with Gasteiger partial charge in [0.15, 0.2) is 0 Å². The van der Waals surface area contributed by atoms with E-state index in [1.807, 2.05) is 35.5 Å². The summed E-state index contributed by atoms with van der Waals surface area (Å²) < 4.78 is 1.17. The highest BCUT2D eigenvalue weighted by Gasteiger charge is 2.32. The average molecular weight is 288 g/mol. The number of carbonyl (C=O) groups is 1. The number of nitrogens with two attached hydrogens (primary N) is 1. The molecule has 0 bridgehead atoms. The summed E-state index contributed by atoms with van der Waals surface area (Å²) in [6.07, 6.45) is 3.39. The third-order valence-electron chi connectivity index (χ3n) is 4.45. The number of carbonyl (C=O) groups excluding carboxylic acids is 1. The fourth-order valence-corrected chi connectivity index (χ4v) is 4.22. The molecular formula is C16H20N2OS. The third-order valence-corrected chi connectivity index (χ3v) is 5.41. The van der Waals surface area contributed by atoms with Gasteiger partial charge in [-0.3, -0.25) is 4.79 Å². The molecule has 3 rings (SSSR count). The standard InChI is InChI=1S/C16H20N2OS/c1-18(14-7-4-5-11(14)9-17)16(19)13-10-20-15-8-3-2-6-12(13)15/h2-3,6,8,10-11,14H,4-5,7,9,17H2,1H3. The summed E-state index contributed by atoms with van der Waals surface area (Å²) in [4.78, 5) is 14.7. The lowest BCUT2D eigenvalue weighted by Gasteiger charge is -2.29. The predicted molar refractivity (Wildman–Crippen MR) is 84.1 cm³/mol. The number of hydrogen-bond acceptors (Lipinski definition) is 3. The number of fused-ring (bicyclic) bond motifs is 1. The van der Waals surface area contributed by atoms with E-state index in [1.54, 1.807) is 11.3 Å². The number of rotatable bonds is 3. The van der Waals surface area contributed by atoms with Crippen molar-refractivity contribution in [1.29, 1.82) is 0 Å². The molecule has 2 unspecified atom stereocenters. The summed E-state index contributed by atoms with van der Waals surface area (Å²) in [7, 11) is 1.92. The van der Waals surface area contributed by atoms with Gasteiger partial charge in [0.2, 0.25) is 0 Å². The molecule has 1 heterocycles. The molecule has 4 heteroatoms. The van der Waals surface area contributed by atoms with Crippen LogP contribution in [0.1, 0.15) is 29.6 Å². The second kappa shape index (κ2) is 5.54. The first-order valence-corrected chi connectivity index (χ1v) is 8.03. The second-order valence-corrected chi connectivity index (χ2v) is 6.47. The largest absolute Gasteiger partial charge is 0.338 e. The molecule has 1 aromatic carbocycles. The fraction of sp³-hybridized carbons (Fsp3) is 0.438. The number of benzene rings is 1. The molecule has 0 aliphatic heterocycles. The van der Waals surface area contributed by atoms with Gasteiger partial charge in [0.05, 0.1) is 5.56 Å². The zero-order valence-corrected chi connectivity index (χ0v) is 12.5. The van der Waals surface area contributed by atoms with Crippen molar-refractivity contribution in [2.45, 2.75) is 25.3 Å². The van der Waals surface area contributed by atoms with E-state index in [9.17, 15) is 4.79 Å². The highest BCUT2D eigenvalue weighted by Crippen LogP contribution is 2.32. The predicted octanol–water partition coefficient (Wildman–Crippen LogP) is 3.10. The monoisotopic (exact) mass is 288 g/mol. The van der Waals surface area contributed by atoms with Crippen LogP contribution in [0, 0.1) is 5.92 Å². The fourth-order valence-electron chi connectivity index (χ4n) is 3.29. The molecule has 1 amide bonds. The van der Waals surface area contributed by atoms with Gasteiger partial charge in [-0.25, -0.2) is 0 Å². The molecule has 1 aliphatic rings. The second-order valence-electron chi connectivity index (χ2n) is 5.56. The molecule has 1 fully saturated rings. The summed E-state index contributed by atoms with van der Waals surface area (Å²) >= 11 is 1.64. The maximum Gasteiger partial charge on any atom is 0.255 e. The molecule has 2 aromatic rings. The van der Waals surface area contributed by atoms with Crippen molar-refractivity contribution in [2.24, 2.45) is 11.7 Å². The minimum atomic E-state index is 0.132. The normalized spacial score (nSPS) is 22.3. The van der Waals surface area contributed by atoms with Gasteiger partial charge in [0, 0.05) is 28.6 Å². The van der Waals surface area contributed by atoms with Crippen LogP contribution in [0.4, 0.5) is 0 Å². The lowest BCUT2D eigenvalue weighted by molar-refractivity contribution is 0.0702. The minimum absolute atomic E-state index is 0.132. The molecule has 0 saturated heterocycles. The topological polar surface area (TPSA) is 46.3 Å². The summed E-state index contributed by atoms with van der Waals surface area (Å²) in [5, 5.41) is 3.05. The van der Waals surface area contributed by atoms with Crippen molar-refractivity contribution in [3.63, 3.8) is 0 Å². The minimum Gasteiger partial charge on any atom is -0.338 e. The van der Waals surface area contributed by atoms with Gasteiger partial charge in [-0.05, 0) is 31.4 Å². The SMILES string of the molecule is CN(C(=O)c1csc2ccccc12)C1CCCC1CN. The Labute approximate surface area is 123 Å². The Bertz CT molecular complexity index is 622. The Balaban J connectivity index is 1.88. The number of amides is 1. The summed E-state index contributed by atoms with van der Waals surface area (Å²) in [5.41, 5.74) is 6.66. The van der Waals surface area contributed by atoms with Gasteiger partial charge >= 0.3 is 0 Å². The van der Waals surface area contributed by atoms with Crippen LogP contribution in [0.2, 0.25) is 0 Å². The van der Waals surface area contributed by atoms with E-state index >= 15 is 0 Å². The van der Waals surface area contributed by atoms with E-state index in [0.717, 1.165) is 23.8 Å². The van der Waals surface area contributed by atoms with Gasteiger partial charge in [0.25, 0.3) is 5.91 Å². The Morgan fingerprint density at radius 2 is 2.20 bits per heavy atom. The molecule has 0 radical (unpaired) electrons. The number of thiophene rings is 1. The Morgan fingerprint density at radius 1 is 1.40 bits per heavy atom. The van der Waals surface area contributed by atoms with Crippen LogP contribution in [-0.2, 0) is 0 Å². The Morgan fingerprint density at radius 3 is 3.00 bits per heavy atom. The van der Waals surface area contributed by atoms with Gasteiger partial charge in [-0.15, -0.1) is 11.3 Å². The van der Waals surface area contributed by atoms with Gasteiger partial charge in [0.1, 0.15) is 0 Å². The van der Waals surface area contributed by atoms with Crippen LogP contribution in [0.15, 0.2) is 29.6 Å². The van der Waals surface area contributed by atoms with Crippen LogP contribution in [0.5, 0.6) is 0 Å². The zero-order chi connectivity index (χ0) is 14.1. The van der Waals surface area contributed by atoms with Crippen LogP contribution in [-0.4, -0.2) is 30.4 Å². The van der Waals surface area contributed by atoms with Crippen molar-refractivity contribution in [2.75, 3.05) is 13.6 Å².